The third-order valence-corrected chi connectivity index (χ3v) is 5.71. The fraction of sp³-hybridized carbons (Fsp3) is 0.148. The van der Waals surface area contributed by atoms with E-state index in [1.54, 1.807) is 36.5 Å². The SMILES string of the molecule is CN(Cc1nc2ccccc2n1CCOc1cccc2ccccc12)C(=O)c1ccncc1. The number of hydrogen-bond acceptors (Lipinski definition) is 4. The molecule has 3 aromatic carbocycles. The summed E-state index contributed by atoms with van der Waals surface area (Å²) in [5, 5.41) is 2.25. The van der Waals surface area contributed by atoms with Crippen molar-refractivity contribution in [3.05, 3.63) is 103 Å². The van der Waals surface area contributed by atoms with E-state index in [9.17, 15) is 4.79 Å². The molecule has 0 spiro atoms. The molecule has 0 unspecified atom stereocenters. The molecule has 0 saturated carbocycles. The number of carbonyl (C=O) groups excluding carboxylic acids is 1. The highest BCUT2D eigenvalue weighted by molar-refractivity contribution is 5.93. The molecular weight excluding hydrogens is 412 g/mol. The molecule has 0 fully saturated rings. The molecule has 0 aliphatic rings. The number of aromatic nitrogens is 3. The molecular formula is C27H24N4O2. The van der Waals surface area contributed by atoms with Crippen LogP contribution in [0.2, 0.25) is 0 Å². The van der Waals surface area contributed by atoms with E-state index in [4.69, 9.17) is 9.72 Å². The van der Waals surface area contributed by atoms with Gasteiger partial charge in [-0.1, -0.05) is 48.5 Å². The highest BCUT2D eigenvalue weighted by Gasteiger charge is 2.17. The Bertz CT molecular complexity index is 1410. The molecule has 0 radical (unpaired) electrons. The van der Waals surface area contributed by atoms with Gasteiger partial charge >= 0.3 is 0 Å². The molecule has 33 heavy (non-hydrogen) atoms. The van der Waals surface area contributed by atoms with Gasteiger partial charge in [0, 0.05) is 30.4 Å². The first kappa shape index (κ1) is 20.7. The van der Waals surface area contributed by atoms with Crippen LogP contribution in [0.3, 0.4) is 0 Å². The van der Waals surface area contributed by atoms with Gasteiger partial charge in [0.1, 0.15) is 18.2 Å². The van der Waals surface area contributed by atoms with Crippen LogP contribution in [0.1, 0.15) is 16.2 Å². The van der Waals surface area contributed by atoms with Gasteiger partial charge in [0.15, 0.2) is 0 Å². The average Bonchev–Trinajstić information content (AvgIpc) is 3.21. The van der Waals surface area contributed by atoms with Gasteiger partial charge in [0.05, 0.1) is 24.1 Å². The smallest absolute Gasteiger partial charge is 0.254 e. The summed E-state index contributed by atoms with van der Waals surface area (Å²) in [5.41, 5.74) is 2.54. The second-order valence-corrected chi connectivity index (χ2v) is 7.89. The Kier molecular flexibility index (Phi) is 5.72. The largest absolute Gasteiger partial charge is 0.491 e. The van der Waals surface area contributed by atoms with Crippen LogP contribution in [0.5, 0.6) is 5.75 Å². The Morgan fingerprint density at radius 1 is 0.939 bits per heavy atom. The molecule has 2 heterocycles. The van der Waals surface area contributed by atoms with Crippen LogP contribution in [-0.2, 0) is 13.1 Å². The molecule has 2 aromatic heterocycles. The number of nitrogens with zero attached hydrogens (tertiary/aromatic N) is 4. The van der Waals surface area contributed by atoms with Crippen LogP contribution in [0.15, 0.2) is 91.3 Å². The van der Waals surface area contributed by atoms with Crippen LogP contribution in [0.25, 0.3) is 21.8 Å². The van der Waals surface area contributed by atoms with Crippen LogP contribution in [0, 0.1) is 0 Å². The van der Waals surface area contributed by atoms with Gasteiger partial charge in [0.25, 0.3) is 5.91 Å². The minimum absolute atomic E-state index is 0.0667. The zero-order valence-corrected chi connectivity index (χ0v) is 18.4. The summed E-state index contributed by atoms with van der Waals surface area (Å²) >= 11 is 0. The van der Waals surface area contributed by atoms with E-state index in [1.165, 1.54) is 0 Å². The molecule has 1 amide bonds. The van der Waals surface area contributed by atoms with Crippen molar-refractivity contribution in [1.29, 1.82) is 0 Å². The van der Waals surface area contributed by atoms with Crippen molar-refractivity contribution in [3.8, 4) is 5.75 Å². The number of para-hydroxylation sites is 2. The van der Waals surface area contributed by atoms with Gasteiger partial charge in [-0.05, 0) is 35.7 Å². The predicted octanol–water partition coefficient (Wildman–Crippen LogP) is 4.94. The number of carbonyl (C=O) groups is 1. The summed E-state index contributed by atoms with van der Waals surface area (Å²) in [6.45, 7) is 1.50. The number of pyridine rings is 1. The van der Waals surface area contributed by atoms with Crippen molar-refractivity contribution in [3.63, 3.8) is 0 Å². The Morgan fingerprint density at radius 2 is 1.70 bits per heavy atom. The van der Waals surface area contributed by atoms with E-state index < -0.39 is 0 Å². The molecule has 0 aliphatic heterocycles. The number of amides is 1. The highest BCUT2D eigenvalue weighted by atomic mass is 16.5. The van der Waals surface area contributed by atoms with E-state index >= 15 is 0 Å². The first-order valence-electron chi connectivity index (χ1n) is 10.9. The first-order chi connectivity index (χ1) is 16.2. The summed E-state index contributed by atoms with van der Waals surface area (Å²) in [7, 11) is 1.79. The van der Waals surface area contributed by atoms with Crippen molar-refractivity contribution in [2.24, 2.45) is 0 Å². The molecule has 0 aliphatic carbocycles. The fourth-order valence-electron chi connectivity index (χ4n) is 4.06. The quantitative estimate of drug-likeness (QED) is 0.363. The average molecular weight is 437 g/mol. The summed E-state index contributed by atoms with van der Waals surface area (Å²) in [6, 6.07) is 25.8. The van der Waals surface area contributed by atoms with Crippen molar-refractivity contribution in [2.45, 2.75) is 13.1 Å². The highest BCUT2D eigenvalue weighted by Crippen LogP contribution is 2.25. The molecule has 0 atom stereocenters. The van der Waals surface area contributed by atoms with Gasteiger partial charge in [-0.2, -0.15) is 0 Å². The van der Waals surface area contributed by atoms with Crippen LogP contribution in [-0.4, -0.2) is 39.0 Å². The summed E-state index contributed by atoms with van der Waals surface area (Å²) < 4.78 is 8.32. The number of benzene rings is 3. The predicted molar refractivity (Wildman–Crippen MR) is 129 cm³/mol. The van der Waals surface area contributed by atoms with Gasteiger partial charge in [-0.25, -0.2) is 4.98 Å². The molecule has 0 saturated heterocycles. The van der Waals surface area contributed by atoms with Gasteiger partial charge < -0.3 is 14.2 Å². The van der Waals surface area contributed by atoms with E-state index in [1.807, 2.05) is 42.5 Å². The van der Waals surface area contributed by atoms with Gasteiger partial charge in [-0.15, -0.1) is 0 Å². The van der Waals surface area contributed by atoms with Gasteiger partial charge in [0.2, 0.25) is 0 Å². The first-order valence-corrected chi connectivity index (χ1v) is 10.9. The summed E-state index contributed by atoms with van der Waals surface area (Å²) in [6.07, 6.45) is 3.25. The minimum Gasteiger partial charge on any atom is -0.491 e. The van der Waals surface area contributed by atoms with E-state index in [0.717, 1.165) is 33.4 Å². The number of rotatable bonds is 7. The second kappa shape index (κ2) is 9.12. The third-order valence-electron chi connectivity index (χ3n) is 5.71. The van der Waals surface area contributed by atoms with E-state index in [-0.39, 0.29) is 5.91 Å². The molecule has 5 aromatic rings. The Labute approximate surface area is 192 Å². The van der Waals surface area contributed by atoms with Crippen molar-refractivity contribution in [2.75, 3.05) is 13.7 Å². The van der Waals surface area contributed by atoms with Crippen LogP contribution >= 0.6 is 0 Å². The standard InChI is InChI=1S/C27H24N4O2/c1-30(27(32)21-13-15-28-16-14-21)19-26-29-23-10-4-5-11-24(23)31(26)17-18-33-25-12-6-8-20-7-2-3-9-22(20)25/h2-16H,17-19H2,1H3. The third kappa shape index (κ3) is 4.28. The molecule has 6 heteroatoms. The molecule has 0 N–H and O–H groups in total. The summed E-state index contributed by atoms with van der Waals surface area (Å²) in [4.78, 5) is 23.3. The van der Waals surface area contributed by atoms with E-state index in [0.29, 0.717) is 25.3 Å². The van der Waals surface area contributed by atoms with Crippen LogP contribution in [0.4, 0.5) is 0 Å². The van der Waals surface area contributed by atoms with Gasteiger partial charge in [-0.3, -0.25) is 9.78 Å². The Hall–Kier alpha value is -4.19. The maximum atomic E-state index is 12.8. The lowest BCUT2D eigenvalue weighted by atomic mass is 10.1. The summed E-state index contributed by atoms with van der Waals surface area (Å²) in [5.74, 6) is 1.62. The Balaban J connectivity index is 1.37. The number of ether oxygens (including phenoxy) is 1. The zero-order chi connectivity index (χ0) is 22.6. The maximum Gasteiger partial charge on any atom is 0.254 e. The lowest BCUT2D eigenvalue weighted by molar-refractivity contribution is 0.0780. The monoisotopic (exact) mass is 436 g/mol. The molecule has 6 nitrogen and oxygen atoms in total. The van der Waals surface area contributed by atoms with Crippen molar-refractivity contribution < 1.29 is 9.53 Å². The second-order valence-electron chi connectivity index (χ2n) is 7.89. The fourth-order valence-corrected chi connectivity index (χ4v) is 4.06. The lowest BCUT2D eigenvalue weighted by Crippen LogP contribution is -2.28. The molecule has 164 valence electrons. The normalized spacial score (nSPS) is 11.1. The lowest BCUT2D eigenvalue weighted by Gasteiger charge is -2.18. The number of hydrogen-bond donors (Lipinski definition) is 0. The maximum absolute atomic E-state index is 12.8. The van der Waals surface area contributed by atoms with E-state index in [2.05, 4.69) is 33.8 Å². The zero-order valence-electron chi connectivity index (χ0n) is 18.4. The molecule has 0 bridgehead atoms. The topological polar surface area (TPSA) is 60.2 Å². The Morgan fingerprint density at radius 3 is 2.58 bits per heavy atom. The van der Waals surface area contributed by atoms with Crippen LogP contribution < -0.4 is 4.74 Å². The number of imidazole rings is 1. The number of fused-ring (bicyclic) bond motifs is 2. The minimum atomic E-state index is -0.0667. The molecule has 5 rings (SSSR count). The van der Waals surface area contributed by atoms with Crippen molar-refractivity contribution >= 4 is 27.7 Å². The van der Waals surface area contributed by atoms with Crippen molar-refractivity contribution in [1.82, 2.24) is 19.4 Å².